The van der Waals surface area contributed by atoms with Crippen molar-refractivity contribution in [2.45, 2.75) is 19.0 Å². The number of nitrogens with two attached hydrogens (primary N) is 1. The van der Waals surface area contributed by atoms with Crippen molar-refractivity contribution < 1.29 is 9.90 Å². The quantitative estimate of drug-likeness (QED) is 0.768. The molecule has 3 N–H and O–H groups in total. The molecule has 1 aromatic heterocycles. The van der Waals surface area contributed by atoms with E-state index in [1.807, 2.05) is 0 Å². The van der Waals surface area contributed by atoms with Gasteiger partial charge in [0.2, 0.25) is 0 Å². The standard InChI is InChI=1S/C13H15N3O3/c14-9(7-17)5-10(18)6-16-8-15-12-4-2-1-3-11(12)13(16)19/h1-4,8-9,17H,5-7,14H2. The maximum absolute atomic E-state index is 12.1. The number of aliphatic hydroxyl groups excluding tert-OH is 1. The molecule has 0 spiro atoms. The smallest absolute Gasteiger partial charge is 0.261 e. The first-order chi connectivity index (χ1) is 9.11. The Morgan fingerprint density at radius 1 is 1.42 bits per heavy atom. The number of rotatable bonds is 5. The third-order valence-electron chi connectivity index (χ3n) is 2.80. The molecule has 0 saturated heterocycles. The van der Waals surface area contributed by atoms with E-state index in [-0.39, 0.29) is 30.9 Å². The molecule has 100 valence electrons. The first kappa shape index (κ1) is 13.4. The minimum absolute atomic E-state index is 0.0375. The molecule has 0 aliphatic carbocycles. The monoisotopic (exact) mass is 261 g/mol. The van der Waals surface area contributed by atoms with Gasteiger partial charge in [-0.25, -0.2) is 4.98 Å². The van der Waals surface area contributed by atoms with Crippen LogP contribution in [-0.2, 0) is 11.3 Å². The van der Waals surface area contributed by atoms with Gasteiger partial charge in [-0.1, -0.05) is 12.1 Å². The van der Waals surface area contributed by atoms with Crippen molar-refractivity contribution in [2.75, 3.05) is 6.61 Å². The van der Waals surface area contributed by atoms with E-state index in [9.17, 15) is 9.59 Å². The summed E-state index contributed by atoms with van der Waals surface area (Å²) in [6.45, 7) is -0.332. The van der Waals surface area contributed by atoms with Gasteiger partial charge in [0.25, 0.3) is 5.56 Å². The lowest BCUT2D eigenvalue weighted by atomic mass is 10.1. The van der Waals surface area contributed by atoms with Crippen molar-refractivity contribution in [3.63, 3.8) is 0 Å². The van der Waals surface area contributed by atoms with E-state index in [1.165, 1.54) is 10.9 Å². The van der Waals surface area contributed by atoms with Gasteiger partial charge in [0.1, 0.15) is 0 Å². The number of nitrogens with zero attached hydrogens (tertiary/aromatic N) is 2. The second-order valence-electron chi connectivity index (χ2n) is 4.38. The summed E-state index contributed by atoms with van der Waals surface area (Å²) in [6.07, 6.45) is 1.39. The summed E-state index contributed by atoms with van der Waals surface area (Å²) in [6, 6.07) is 6.37. The molecule has 0 radical (unpaired) electrons. The molecule has 0 aliphatic rings. The summed E-state index contributed by atoms with van der Waals surface area (Å²) in [5.41, 5.74) is 5.83. The highest BCUT2D eigenvalue weighted by atomic mass is 16.3. The maximum Gasteiger partial charge on any atom is 0.261 e. The highest BCUT2D eigenvalue weighted by Crippen LogP contribution is 2.04. The van der Waals surface area contributed by atoms with E-state index in [2.05, 4.69) is 4.98 Å². The average Bonchev–Trinajstić information content (AvgIpc) is 2.42. The van der Waals surface area contributed by atoms with Crippen LogP contribution in [0.5, 0.6) is 0 Å². The Balaban J connectivity index is 2.24. The van der Waals surface area contributed by atoms with Crippen LogP contribution >= 0.6 is 0 Å². The van der Waals surface area contributed by atoms with Crippen LogP contribution < -0.4 is 11.3 Å². The van der Waals surface area contributed by atoms with Crippen molar-refractivity contribution in [2.24, 2.45) is 5.73 Å². The van der Waals surface area contributed by atoms with E-state index in [4.69, 9.17) is 10.8 Å². The van der Waals surface area contributed by atoms with Gasteiger partial charge in [0.05, 0.1) is 30.4 Å². The third kappa shape index (κ3) is 3.04. The van der Waals surface area contributed by atoms with Crippen LogP contribution in [0.4, 0.5) is 0 Å². The van der Waals surface area contributed by atoms with E-state index < -0.39 is 6.04 Å². The topological polar surface area (TPSA) is 98.2 Å². The molecular formula is C13H15N3O3. The molecule has 1 aromatic carbocycles. The zero-order chi connectivity index (χ0) is 13.8. The Morgan fingerprint density at radius 2 is 2.16 bits per heavy atom. The van der Waals surface area contributed by atoms with Gasteiger partial charge in [-0.3, -0.25) is 14.2 Å². The summed E-state index contributed by atoms with van der Waals surface area (Å²) in [7, 11) is 0. The lowest BCUT2D eigenvalue weighted by Gasteiger charge is -2.08. The summed E-state index contributed by atoms with van der Waals surface area (Å²) in [5.74, 6) is -0.208. The van der Waals surface area contributed by atoms with Crippen molar-refractivity contribution >= 4 is 16.7 Å². The average molecular weight is 261 g/mol. The molecule has 0 aliphatic heterocycles. The predicted octanol–water partition coefficient (Wildman–Crippen LogP) is -0.325. The summed E-state index contributed by atoms with van der Waals surface area (Å²) < 4.78 is 1.26. The van der Waals surface area contributed by atoms with Crippen LogP contribution in [0.25, 0.3) is 10.9 Å². The lowest BCUT2D eigenvalue weighted by molar-refractivity contribution is -0.120. The maximum atomic E-state index is 12.1. The molecule has 1 atom stereocenters. The second kappa shape index (κ2) is 5.73. The molecule has 19 heavy (non-hydrogen) atoms. The zero-order valence-electron chi connectivity index (χ0n) is 10.3. The fourth-order valence-electron chi connectivity index (χ4n) is 1.83. The molecule has 2 rings (SSSR count). The van der Waals surface area contributed by atoms with Gasteiger partial charge in [-0.15, -0.1) is 0 Å². The van der Waals surface area contributed by atoms with E-state index in [1.54, 1.807) is 24.3 Å². The van der Waals surface area contributed by atoms with Gasteiger partial charge in [-0.2, -0.15) is 0 Å². The van der Waals surface area contributed by atoms with Crippen LogP contribution in [0, 0.1) is 0 Å². The normalized spacial score (nSPS) is 12.5. The minimum atomic E-state index is -0.586. The molecular weight excluding hydrogens is 246 g/mol. The second-order valence-corrected chi connectivity index (χ2v) is 4.38. The number of carbonyl (C=O) groups is 1. The van der Waals surface area contributed by atoms with Gasteiger partial charge >= 0.3 is 0 Å². The molecule has 1 heterocycles. The Morgan fingerprint density at radius 3 is 2.89 bits per heavy atom. The molecule has 0 amide bonds. The molecule has 0 fully saturated rings. The number of hydrogen-bond acceptors (Lipinski definition) is 5. The Bertz CT molecular complexity index is 651. The molecule has 0 bridgehead atoms. The number of hydrogen-bond donors (Lipinski definition) is 2. The third-order valence-corrected chi connectivity index (χ3v) is 2.80. The number of aliphatic hydroxyl groups is 1. The summed E-state index contributed by atoms with van der Waals surface area (Å²) >= 11 is 0. The molecule has 6 nitrogen and oxygen atoms in total. The van der Waals surface area contributed by atoms with Crippen LogP contribution in [-0.4, -0.2) is 33.1 Å². The first-order valence-corrected chi connectivity index (χ1v) is 5.94. The van der Waals surface area contributed by atoms with E-state index in [0.717, 1.165) is 0 Å². The fraction of sp³-hybridized carbons (Fsp3) is 0.308. The summed E-state index contributed by atoms with van der Waals surface area (Å²) in [5, 5.41) is 9.26. The SMILES string of the molecule is NC(CO)CC(=O)Cn1cnc2ccccc2c1=O. The molecule has 1 unspecified atom stereocenters. The van der Waals surface area contributed by atoms with Crippen molar-refractivity contribution in [3.05, 3.63) is 40.9 Å². The van der Waals surface area contributed by atoms with Gasteiger partial charge in [-0.05, 0) is 12.1 Å². The molecule has 2 aromatic rings. The number of aromatic nitrogens is 2. The largest absolute Gasteiger partial charge is 0.395 e. The van der Waals surface area contributed by atoms with E-state index in [0.29, 0.717) is 10.9 Å². The number of ketones is 1. The number of Topliss-reactive ketones (excluding diaryl/α,β-unsaturated/α-hetero) is 1. The number of carbonyl (C=O) groups excluding carboxylic acids is 1. The van der Waals surface area contributed by atoms with Gasteiger partial charge in [0, 0.05) is 12.5 Å². The van der Waals surface area contributed by atoms with Gasteiger partial charge in [0.15, 0.2) is 5.78 Å². The Hall–Kier alpha value is -2.05. The number of fused-ring (bicyclic) bond motifs is 1. The van der Waals surface area contributed by atoms with Crippen LogP contribution in [0.3, 0.4) is 0 Å². The number of para-hydroxylation sites is 1. The van der Waals surface area contributed by atoms with Crippen LogP contribution in [0.2, 0.25) is 0 Å². The Kier molecular flexibility index (Phi) is 4.03. The van der Waals surface area contributed by atoms with Gasteiger partial charge < -0.3 is 10.8 Å². The van der Waals surface area contributed by atoms with Crippen molar-refractivity contribution in [1.29, 1.82) is 0 Å². The lowest BCUT2D eigenvalue weighted by Crippen LogP contribution is -2.31. The minimum Gasteiger partial charge on any atom is -0.395 e. The predicted molar refractivity (Wildman–Crippen MR) is 70.7 cm³/mol. The van der Waals surface area contributed by atoms with Crippen molar-refractivity contribution in [1.82, 2.24) is 9.55 Å². The molecule has 6 heteroatoms. The zero-order valence-corrected chi connectivity index (χ0v) is 10.3. The summed E-state index contributed by atoms with van der Waals surface area (Å²) in [4.78, 5) is 27.9. The number of benzene rings is 1. The molecule has 0 saturated carbocycles. The fourth-order valence-corrected chi connectivity index (χ4v) is 1.83. The first-order valence-electron chi connectivity index (χ1n) is 5.94. The van der Waals surface area contributed by atoms with E-state index >= 15 is 0 Å². The Labute approximate surface area is 109 Å². The highest BCUT2D eigenvalue weighted by molar-refractivity contribution is 5.80. The van der Waals surface area contributed by atoms with Crippen LogP contribution in [0.1, 0.15) is 6.42 Å². The van der Waals surface area contributed by atoms with Crippen molar-refractivity contribution in [3.8, 4) is 0 Å². The van der Waals surface area contributed by atoms with Crippen LogP contribution in [0.15, 0.2) is 35.4 Å². The highest BCUT2D eigenvalue weighted by Gasteiger charge is 2.11.